The molecule has 7 rings (SSSR count). The maximum Gasteiger partial charge on any atom is 0.305 e. The molecular weight excluding hydrogens is 1460 g/mol. The number of aryl methyl sites for hydroxylation is 2. The Labute approximate surface area is 643 Å². The number of carboxylic acid groups (broad SMARTS) is 2. The summed E-state index contributed by atoms with van der Waals surface area (Å²) in [4.78, 5) is 191. The minimum Gasteiger partial charge on any atom is -0.497 e. The van der Waals surface area contributed by atoms with E-state index in [1.165, 1.54) is 55.9 Å². The van der Waals surface area contributed by atoms with E-state index in [4.69, 9.17) is 15.2 Å². The maximum atomic E-state index is 15.5. The first-order valence-corrected chi connectivity index (χ1v) is 36.0. The van der Waals surface area contributed by atoms with Crippen molar-refractivity contribution in [3.63, 3.8) is 0 Å². The van der Waals surface area contributed by atoms with E-state index in [2.05, 4.69) is 62.8 Å². The molecule has 17 N–H and O–H groups in total. The summed E-state index contributed by atoms with van der Waals surface area (Å²) in [6.45, 7) is 4.52. The molecule has 3 heterocycles. The number of carbonyl (C=O) groups is 13. The van der Waals surface area contributed by atoms with Crippen LogP contribution in [0.2, 0.25) is 0 Å². The summed E-state index contributed by atoms with van der Waals surface area (Å²) in [5.74, 6) is -14.9. The number of nitrogens with one attached hydrogen (secondary N) is 10. The average Bonchev–Trinajstić information content (AvgIpc) is 1.64. The number of primary amides is 1. The summed E-state index contributed by atoms with van der Waals surface area (Å²) in [5, 5.41) is 73.3. The molecule has 112 heavy (non-hydrogen) atoms. The topological polar surface area (TPSA) is 521 Å². The Bertz CT molecular complexity index is 4380. The van der Waals surface area contributed by atoms with Crippen molar-refractivity contribution in [2.24, 2.45) is 5.73 Å². The third kappa shape index (κ3) is 23.9. The standard InChI is InChI=1S/C77H95FN14O20/c1-8-45-32-52(112-7)22-23-53(45)46-19-17-44(18-20-46)31-58(69(104)84-57(67(79)102)34-49-37-80-29-27-54(49)47-14-11-15-51(33-47)111-6)85-70(105)59(35-64(100)101)86-71(106)60(40-93)87-72(107)65(42(2)94)90-74(109)76(4,36-48-13-9-10-16-55(48)78)91-73(108)66(43(3)95)89-61(96)39-82-68(103)56(24-26-63(98)99)88-75(110)77(5)28-12-30-92(77)62(97)25-21-50-38-81-41-83-50/h9-11,13-20,22-23,27,29,32-33,37-38,41-43,56-60,65-66,93-95H,8,12,21,24-26,28,30-31,34-36,39-40H2,1-7H3,(H2,79,102)(H,81,83)(H,82,103)(H,84,104)(H,85,105)(H,86,106)(H,87,107)(H,88,110)(H,89,96)(H,90,109)(H,91,108)(H,98,99)(H,100,101)/t42-,43-,56+,57+,58+,59+,60+,65+,66+,76-,77+/m1/s1. The zero-order chi connectivity index (χ0) is 82.1. The first-order chi connectivity index (χ1) is 53.2. The number of nitrogens with zero attached hydrogens (tertiary/aromatic N) is 3. The Hall–Kier alpha value is -12.2. The Morgan fingerprint density at radius 2 is 1.29 bits per heavy atom. The van der Waals surface area contributed by atoms with Gasteiger partial charge in [-0.05, 0) is 141 Å². The smallest absolute Gasteiger partial charge is 0.305 e. The molecule has 6 aromatic rings. The number of benzene rings is 4. The molecule has 35 heteroatoms. The summed E-state index contributed by atoms with van der Waals surface area (Å²) < 4.78 is 26.4. The van der Waals surface area contributed by atoms with Crippen molar-refractivity contribution >= 4 is 76.9 Å². The summed E-state index contributed by atoms with van der Waals surface area (Å²) in [7, 11) is 3.03. The number of carbonyl (C=O) groups excluding carboxylic acids is 11. The highest BCUT2D eigenvalue weighted by atomic mass is 19.1. The van der Waals surface area contributed by atoms with Crippen molar-refractivity contribution in [2.45, 2.75) is 171 Å². The van der Waals surface area contributed by atoms with Crippen molar-refractivity contribution in [2.75, 3.05) is 33.9 Å². The van der Waals surface area contributed by atoms with Crippen LogP contribution >= 0.6 is 0 Å². The minimum absolute atomic E-state index is 0.0104. The quantitative estimate of drug-likeness (QED) is 0.0238. The fourth-order valence-corrected chi connectivity index (χ4v) is 12.7. The van der Waals surface area contributed by atoms with Crippen LogP contribution in [0.25, 0.3) is 22.3 Å². The van der Waals surface area contributed by atoms with Gasteiger partial charge in [-0.15, -0.1) is 0 Å². The number of aliphatic hydroxyl groups excluding tert-OH is 3. The molecule has 1 aliphatic rings. The van der Waals surface area contributed by atoms with Gasteiger partial charge in [-0.2, -0.15) is 0 Å². The molecule has 0 bridgehead atoms. The van der Waals surface area contributed by atoms with E-state index >= 15 is 4.39 Å². The summed E-state index contributed by atoms with van der Waals surface area (Å²) in [6.07, 6.45) is 0.223. The molecule has 2 aromatic heterocycles. The number of H-pyrrole nitrogens is 1. The van der Waals surface area contributed by atoms with E-state index < -0.39 is 181 Å². The molecule has 11 atom stereocenters. The van der Waals surface area contributed by atoms with Gasteiger partial charge in [0.1, 0.15) is 70.7 Å². The molecule has 0 radical (unpaired) electrons. The van der Waals surface area contributed by atoms with Crippen LogP contribution in [0.5, 0.6) is 11.5 Å². The molecule has 1 aliphatic heterocycles. The number of halogens is 1. The maximum absolute atomic E-state index is 15.5. The molecule has 0 saturated carbocycles. The Morgan fingerprint density at radius 3 is 1.93 bits per heavy atom. The second kappa shape index (κ2) is 40.4. The minimum atomic E-state index is -2.43. The lowest BCUT2D eigenvalue weighted by Gasteiger charge is -2.35. The molecular formula is C77H95FN14O20. The van der Waals surface area contributed by atoms with Gasteiger partial charge in [-0.1, -0.05) is 67.6 Å². The van der Waals surface area contributed by atoms with Gasteiger partial charge in [0, 0.05) is 62.9 Å². The summed E-state index contributed by atoms with van der Waals surface area (Å²) in [5.41, 5.74) is 7.26. The average molecular weight is 1560 g/mol. The number of ether oxygens (including phenoxy) is 2. The van der Waals surface area contributed by atoms with Crippen molar-refractivity contribution in [1.29, 1.82) is 0 Å². The lowest BCUT2D eigenvalue weighted by atomic mass is 9.90. The molecule has 600 valence electrons. The SMILES string of the molecule is CCc1cc(OC)ccc1-c1ccc(C[C@H](NC(=O)[C@H](CC(=O)O)NC(=O)[C@H](CO)NC(=O)[C@@H](NC(=O)[C@@](C)(Cc2ccccc2F)NC(=O)[C@@H](NC(=O)CNC(=O)[C@H](CCC(=O)O)NC(=O)[C@]2(C)CCCN2C(=O)CCc2cnc[nH]2)[C@@H](C)O)[C@@H](C)O)C(=O)N[C@@H](Cc2cnccc2-c2cccc(OC)c2)C(N)=O)cc1. The number of pyridine rings is 1. The number of hydrogen-bond acceptors (Lipinski definition) is 20. The van der Waals surface area contributed by atoms with Crippen molar-refractivity contribution < 1.29 is 102 Å². The number of amides is 11. The number of aliphatic carboxylic acids is 2. The highest BCUT2D eigenvalue weighted by Crippen LogP contribution is 2.33. The van der Waals surface area contributed by atoms with Gasteiger partial charge in [-0.3, -0.25) is 67.3 Å². The molecule has 0 spiro atoms. The lowest BCUT2D eigenvalue weighted by molar-refractivity contribution is -0.145. The van der Waals surface area contributed by atoms with E-state index in [9.17, 15) is 87.9 Å². The van der Waals surface area contributed by atoms with Crippen molar-refractivity contribution in [3.8, 4) is 33.8 Å². The number of aromatic nitrogens is 3. The highest BCUT2D eigenvalue weighted by molar-refractivity contribution is 6.01. The number of aromatic amines is 1. The first kappa shape index (κ1) is 87.0. The van der Waals surface area contributed by atoms with Gasteiger partial charge in [0.25, 0.3) is 0 Å². The van der Waals surface area contributed by atoms with Crippen LogP contribution in [0.4, 0.5) is 4.39 Å². The van der Waals surface area contributed by atoms with Gasteiger partial charge in [0.05, 0.1) is 52.3 Å². The van der Waals surface area contributed by atoms with Crippen molar-refractivity contribution in [1.82, 2.24) is 67.7 Å². The van der Waals surface area contributed by atoms with Gasteiger partial charge in [0.2, 0.25) is 65.0 Å². The number of likely N-dealkylation sites (tertiary alicyclic amines) is 1. The lowest BCUT2D eigenvalue weighted by Crippen LogP contribution is -2.67. The van der Waals surface area contributed by atoms with E-state index in [0.717, 1.165) is 43.5 Å². The Balaban J connectivity index is 1.06. The van der Waals surface area contributed by atoms with Crippen molar-refractivity contribution in [3.05, 3.63) is 156 Å². The predicted octanol–water partition coefficient (Wildman–Crippen LogP) is -0.137. The predicted molar refractivity (Wildman–Crippen MR) is 400 cm³/mol. The van der Waals surface area contributed by atoms with E-state index in [1.54, 1.807) is 74.0 Å². The fourth-order valence-electron chi connectivity index (χ4n) is 12.7. The third-order valence-corrected chi connectivity index (χ3v) is 19.0. The van der Waals surface area contributed by atoms with Crippen LogP contribution in [-0.2, 0) is 94.4 Å². The van der Waals surface area contributed by atoms with E-state index in [-0.39, 0.29) is 50.1 Å². The molecule has 1 saturated heterocycles. The molecule has 1 fully saturated rings. The largest absolute Gasteiger partial charge is 0.497 e. The number of rotatable bonds is 41. The van der Waals surface area contributed by atoms with Gasteiger partial charge in [-0.25, -0.2) is 9.37 Å². The third-order valence-electron chi connectivity index (χ3n) is 19.0. The van der Waals surface area contributed by atoms with Crippen LogP contribution in [-0.4, -0.2) is 222 Å². The van der Waals surface area contributed by atoms with E-state index in [0.29, 0.717) is 52.3 Å². The molecule has 0 aliphatic carbocycles. The number of methoxy groups -OCH3 is 2. The molecule has 0 unspecified atom stereocenters. The number of imidazole rings is 1. The van der Waals surface area contributed by atoms with E-state index in [1.807, 2.05) is 19.1 Å². The number of aliphatic hydroxyl groups is 3. The molecule has 34 nitrogen and oxygen atoms in total. The molecule has 4 aromatic carbocycles. The number of nitrogens with two attached hydrogens (primary N) is 1. The highest BCUT2D eigenvalue weighted by Gasteiger charge is 2.47. The number of hydrogen-bond donors (Lipinski definition) is 16. The first-order valence-electron chi connectivity index (χ1n) is 36.0. The van der Waals surface area contributed by atoms with Crippen LogP contribution in [0, 0.1) is 5.82 Å². The second-order valence-corrected chi connectivity index (χ2v) is 27.4. The second-order valence-electron chi connectivity index (χ2n) is 27.4. The summed E-state index contributed by atoms with van der Waals surface area (Å²) >= 11 is 0. The summed E-state index contributed by atoms with van der Waals surface area (Å²) in [6, 6.07) is 13.0. The zero-order valence-electron chi connectivity index (χ0n) is 62.8. The fraction of sp³-hybridized carbons (Fsp3) is 0.416. The van der Waals surface area contributed by atoms with Crippen LogP contribution in [0.1, 0.15) is 101 Å². The van der Waals surface area contributed by atoms with Gasteiger partial charge < -0.3 is 98.5 Å². The zero-order valence-corrected chi connectivity index (χ0v) is 62.8. The Kier molecular flexibility index (Phi) is 31.4. The van der Waals surface area contributed by atoms with Gasteiger partial charge >= 0.3 is 11.9 Å². The van der Waals surface area contributed by atoms with Crippen LogP contribution in [0.3, 0.4) is 0 Å². The number of carboxylic acids is 2. The van der Waals surface area contributed by atoms with Gasteiger partial charge in [0.15, 0.2) is 0 Å². The Morgan fingerprint density at radius 1 is 0.652 bits per heavy atom. The van der Waals surface area contributed by atoms with Crippen LogP contribution in [0.15, 0.2) is 122 Å². The molecule has 11 amide bonds. The van der Waals surface area contributed by atoms with Crippen LogP contribution < -0.4 is 63.1 Å². The normalized spacial score (nSPS) is 16.1. The monoisotopic (exact) mass is 1550 g/mol.